The van der Waals surface area contributed by atoms with Gasteiger partial charge in [0.15, 0.2) is 0 Å². The van der Waals surface area contributed by atoms with E-state index in [2.05, 4.69) is 4.98 Å². The van der Waals surface area contributed by atoms with Crippen LogP contribution < -0.4 is 5.56 Å². The highest BCUT2D eigenvalue weighted by Gasteiger charge is 2.33. The van der Waals surface area contributed by atoms with Crippen LogP contribution in [0.1, 0.15) is 24.0 Å². The van der Waals surface area contributed by atoms with Crippen LogP contribution in [0, 0.1) is 0 Å². The first-order valence-corrected chi connectivity index (χ1v) is 9.23. The molecule has 1 heterocycles. The number of aromatic nitrogens is 2. The number of carbonyl (C=O) groups is 1. The first-order chi connectivity index (χ1) is 13.8. The zero-order valence-electron chi connectivity index (χ0n) is 15.4. The minimum absolute atomic E-state index is 0.0499. The number of benzene rings is 2. The molecular weight excluding hydrogens is 383 g/mol. The second-order valence-corrected chi connectivity index (χ2v) is 7.14. The van der Waals surface area contributed by atoms with Crippen LogP contribution in [-0.4, -0.2) is 26.4 Å². The van der Waals surface area contributed by atoms with Gasteiger partial charge in [-0.2, -0.15) is 13.2 Å². The number of para-hydroxylation sites is 1. The Morgan fingerprint density at radius 1 is 1.10 bits per heavy atom. The quantitative estimate of drug-likeness (QED) is 0.656. The van der Waals surface area contributed by atoms with Crippen LogP contribution >= 0.6 is 0 Å². The maximum absolute atomic E-state index is 12.9. The molecule has 3 aromatic rings. The van der Waals surface area contributed by atoms with Crippen molar-refractivity contribution in [3.63, 3.8) is 0 Å². The van der Waals surface area contributed by atoms with Crippen molar-refractivity contribution < 1.29 is 18.0 Å². The normalized spacial score (nSPS) is 14.2. The molecule has 0 atom stereocenters. The Labute approximate surface area is 164 Å². The lowest BCUT2D eigenvalue weighted by atomic mass is 10.1. The van der Waals surface area contributed by atoms with E-state index in [0.29, 0.717) is 16.5 Å². The number of halogens is 3. The van der Waals surface area contributed by atoms with Crippen molar-refractivity contribution >= 4 is 16.8 Å². The standard InChI is InChI=1S/C21H18F3N3O2/c22-21(23,24)15-7-5-14(6-8-15)11-27(16-9-10-16)19(28)12-26-13-25-18-4-2-1-3-17(18)20(26)29/h1-8,13,16H,9-12H2. The molecule has 0 radical (unpaired) electrons. The van der Waals surface area contributed by atoms with E-state index in [1.807, 2.05) is 0 Å². The zero-order chi connectivity index (χ0) is 20.6. The molecule has 29 heavy (non-hydrogen) atoms. The third-order valence-corrected chi connectivity index (χ3v) is 4.98. The number of carbonyl (C=O) groups excluding carboxylic acids is 1. The van der Waals surface area contributed by atoms with E-state index in [1.165, 1.54) is 23.0 Å². The Kier molecular flexibility index (Phi) is 4.86. The third kappa shape index (κ3) is 4.16. The monoisotopic (exact) mass is 401 g/mol. The second-order valence-electron chi connectivity index (χ2n) is 7.14. The van der Waals surface area contributed by atoms with Crippen LogP contribution in [0.25, 0.3) is 10.9 Å². The highest BCUT2D eigenvalue weighted by atomic mass is 19.4. The highest BCUT2D eigenvalue weighted by Crippen LogP contribution is 2.31. The summed E-state index contributed by atoms with van der Waals surface area (Å²) in [6.45, 7) is 0.0468. The summed E-state index contributed by atoms with van der Waals surface area (Å²) >= 11 is 0. The minimum atomic E-state index is -4.39. The van der Waals surface area contributed by atoms with Crippen LogP contribution in [0.2, 0.25) is 0 Å². The Morgan fingerprint density at radius 2 is 1.79 bits per heavy atom. The van der Waals surface area contributed by atoms with Crippen LogP contribution in [0.3, 0.4) is 0 Å². The Morgan fingerprint density at radius 3 is 2.45 bits per heavy atom. The van der Waals surface area contributed by atoms with Gasteiger partial charge in [0.25, 0.3) is 5.56 Å². The van der Waals surface area contributed by atoms with Crippen LogP contribution in [-0.2, 0) is 24.1 Å². The smallest absolute Gasteiger partial charge is 0.334 e. The van der Waals surface area contributed by atoms with Gasteiger partial charge in [-0.3, -0.25) is 14.2 Å². The summed E-state index contributed by atoms with van der Waals surface area (Å²) < 4.78 is 39.5. The number of rotatable bonds is 5. The van der Waals surface area contributed by atoms with E-state index in [1.54, 1.807) is 29.2 Å². The summed E-state index contributed by atoms with van der Waals surface area (Å²) in [5.74, 6) is -0.258. The summed E-state index contributed by atoms with van der Waals surface area (Å²) in [5.41, 5.74) is 0.154. The van der Waals surface area contributed by atoms with E-state index in [9.17, 15) is 22.8 Å². The van der Waals surface area contributed by atoms with Crippen molar-refractivity contribution in [2.75, 3.05) is 0 Å². The minimum Gasteiger partial charge on any atom is -0.334 e. The maximum Gasteiger partial charge on any atom is 0.416 e. The van der Waals surface area contributed by atoms with Gasteiger partial charge in [-0.1, -0.05) is 24.3 Å². The molecule has 1 aliphatic rings. The molecule has 8 heteroatoms. The van der Waals surface area contributed by atoms with Crippen molar-refractivity contribution in [2.24, 2.45) is 0 Å². The molecule has 1 aromatic heterocycles. The summed E-state index contributed by atoms with van der Waals surface area (Å²) in [5, 5.41) is 0.434. The summed E-state index contributed by atoms with van der Waals surface area (Å²) in [7, 11) is 0. The van der Waals surface area contributed by atoms with E-state index in [-0.39, 0.29) is 30.6 Å². The fourth-order valence-electron chi connectivity index (χ4n) is 3.26. The molecule has 4 rings (SSSR count). The number of alkyl halides is 3. The zero-order valence-corrected chi connectivity index (χ0v) is 15.4. The topological polar surface area (TPSA) is 55.2 Å². The molecule has 0 aliphatic heterocycles. The van der Waals surface area contributed by atoms with Crippen molar-refractivity contribution in [1.82, 2.24) is 14.5 Å². The van der Waals surface area contributed by atoms with Crippen molar-refractivity contribution in [3.05, 3.63) is 76.3 Å². The molecule has 0 N–H and O–H groups in total. The van der Waals surface area contributed by atoms with E-state index >= 15 is 0 Å². The van der Waals surface area contributed by atoms with Gasteiger partial charge in [-0.05, 0) is 42.7 Å². The van der Waals surface area contributed by atoms with Gasteiger partial charge in [0.05, 0.1) is 22.8 Å². The molecule has 0 saturated heterocycles. The number of hydrogen-bond donors (Lipinski definition) is 0. The maximum atomic E-state index is 12.9. The first kappa shape index (κ1) is 19.2. The van der Waals surface area contributed by atoms with Gasteiger partial charge in [0.2, 0.25) is 5.91 Å². The predicted molar refractivity (Wildman–Crippen MR) is 101 cm³/mol. The van der Waals surface area contributed by atoms with Crippen LogP contribution in [0.4, 0.5) is 13.2 Å². The molecule has 0 unspecified atom stereocenters. The number of nitrogens with zero attached hydrogens (tertiary/aromatic N) is 3. The molecule has 1 saturated carbocycles. The van der Waals surface area contributed by atoms with E-state index in [4.69, 9.17) is 0 Å². The fraction of sp³-hybridized carbons (Fsp3) is 0.286. The molecule has 0 bridgehead atoms. The predicted octanol–water partition coefficient (Wildman–Crippen LogP) is 3.61. The number of fused-ring (bicyclic) bond motifs is 1. The van der Waals surface area contributed by atoms with Crippen molar-refractivity contribution in [2.45, 2.75) is 38.1 Å². The van der Waals surface area contributed by atoms with Crippen molar-refractivity contribution in [1.29, 1.82) is 0 Å². The summed E-state index contributed by atoms with van der Waals surface area (Å²) in [6.07, 6.45) is -1.35. The van der Waals surface area contributed by atoms with Crippen LogP contribution in [0.15, 0.2) is 59.7 Å². The second kappa shape index (κ2) is 7.35. The molecule has 150 valence electrons. The van der Waals surface area contributed by atoms with Crippen molar-refractivity contribution in [3.8, 4) is 0 Å². The average molecular weight is 401 g/mol. The van der Waals surface area contributed by atoms with Gasteiger partial charge in [-0.25, -0.2) is 4.98 Å². The molecule has 5 nitrogen and oxygen atoms in total. The summed E-state index contributed by atoms with van der Waals surface area (Å²) in [6, 6.07) is 11.8. The first-order valence-electron chi connectivity index (χ1n) is 9.23. The number of amides is 1. The molecule has 0 spiro atoms. The lowest BCUT2D eigenvalue weighted by molar-refractivity contribution is -0.137. The molecule has 1 aliphatic carbocycles. The summed E-state index contributed by atoms with van der Waals surface area (Å²) in [4.78, 5) is 31.3. The van der Waals surface area contributed by atoms with Gasteiger partial charge in [0, 0.05) is 12.6 Å². The lowest BCUT2D eigenvalue weighted by Gasteiger charge is -2.23. The Balaban J connectivity index is 1.53. The Hall–Kier alpha value is -3.16. The largest absolute Gasteiger partial charge is 0.416 e. The van der Waals surface area contributed by atoms with Gasteiger partial charge >= 0.3 is 6.18 Å². The molecule has 1 amide bonds. The van der Waals surface area contributed by atoms with Gasteiger partial charge in [0.1, 0.15) is 6.54 Å². The Bertz CT molecular complexity index is 1100. The SMILES string of the molecule is O=C(Cn1cnc2ccccc2c1=O)N(Cc1ccc(C(F)(F)F)cc1)C1CC1. The van der Waals surface area contributed by atoms with E-state index < -0.39 is 11.7 Å². The average Bonchev–Trinajstić information content (AvgIpc) is 3.53. The van der Waals surface area contributed by atoms with Gasteiger partial charge < -0.3 is 4.90 Å². The van der Waals surface area contributed by atoms with E-state index in [0.717, 1.165) is 25.0 Å². The fourth-order valence-corrected chi connectivity index (χ4v) is 3.26. The molecule has 1 fully saturated rings. The number of hydrogen-bond acceptors (Lipinski definition) is 3. The lowest BCUT2D eigenvalue weighted by Crippen LogP contribution is -2.37. The van der Waals surface area contributed by atoms with Crippen LogP contribution in [0.5, 0.6) is 0 Å². The van der Waals surface area contributed by atoms with Gasteiger partial charge in [-0.15, -0.1) is 0 Å². The third-order valence-electron chi connectivity index (χ3n) is 4.98. The highest BCUT2D eigenvalue weighted by molar-refractivity contribution is 5.79. The molecule has 2 aromatic carbocycles. The molecular formula is C21H18F3N3O2.